The summed E-state index contributed by atoms with van der Waals surface area (Å²) < 4.78 is 0. The number of aliphatic hydroxyl groups is 1. The quantitative estimate of drug-likeness (QED) is 0.416. The van der Waals surface area contributed by atoms with Crippen LogP contribution in [0.15, 0.2) is 0 Å². The molecule has 1 atom stereocenters. The van der Waals surface area contributed by atoms with Crippen molar-refractivity contribution in [2.45, 2.75) is 96.9 Å². The summed E-state index contributed by atoms with van der Waals surface area (Å²) >= 11 is 0. The van der Waals surface area contributed by atoms with Gasteiger partial charge in [0.25, 0.3) is 0 Å². The van der Waals surface area contributed by atoms with Gasteiger partial charge in [-0.3, -0.25) is 4.79 Å². The van der Waals surface area contributed by atoms with E-state index in [1.54, 1.807) is 0 Å². The summed E-state index contributed by atoms with van der Waals surface area (Å²) in [6.07, 6.45) is 13.8. The topological polar surface area (TPSA) is 77.8 Å². The Morgan fingerprint density at radius 3 is 1.75 bits per heavy atom. The molecule has 2 N–H and O–H groups in total. The molecule has 24 heavy (non-hydrogen) atoms. The van der Waals surface area contributed by atoms with Crippen molar-refractivity contribution >= 4 is 11.9 Å². The Balaban J connectivity index is 3.67. The molecule has 0 aromatic rings. The number of amides is 1. The number of nitrogens with zero attached hydrogens (tertiary/aromatic N) is 1. The minimum Gasteiger partial charge on any atom is -0.480 e. The number of carboxylic acids is 1. The molecular formula is C19H37NO4. The molecule has 0 saturated carbocycles. The van der Waals surface area contributed by atoms with Crippen LogP contribution in [0, 0.1) is 0 Å². The molecule has 0 aromatic heterocycles. The SMILES string of the molecule is CCCCCCCCCCCCCC(=O)N(CCO)[C@@H](C)C(=O)O. The van der Waals surface area contributed by atoms with E-state index in [4.69, 9.17) is 10.2 Å². The molecule has 0 radical (unpaired) electrons. The van der Waals surface area contributed by atoms with Crippen molar-refractivity contribution in [2.75, 3.05) is 13.2 Å². The van der Waals surface area contributed by atoms with Crippen LogP contribution in [-0.2, 0) is 9.59 Å². The van der Waals surface area contributed by atoms with Gasteiger partial charge in [-0.05, 0) is 13.3 Å². The first-order chi connectivity index (χ1) is 11.5. The van der Waals surface area contributed by atoms with Gasteiger partial charge in [0.15, 0.2) is 0 Å². The molecule has 5 nitrogen and oxygen atoms in total. The monoisotopic (exact) mass is 343 g/mol. The molecule has 0 aliphatic rings. The molecule has 0 aliphatic carbocycles. The third-order valence-corrected chi connectivity index (χ3v) is 4.48. The maximum absolute atomic E-state index is 12.1. The number of rotatable bonds is 16. The summed E-state index contributed by atoms with van der Waals surface area (Å²) in [4.78, 5) is 24.4. The minimum atomic E-state index is -1.03. The van der Waals surface area contributed by atoms with Gasteiger partial charge >= 0.3 is 5.97 Å². The Morgan fingerprint density at radius 2 is 1.33 bits per heavy atom. The van der Waals surface area contributed by atoms with Crippen LogP contribution in [0.2, 0.25) is 0 Å². The summed E-state index contributed by atoms with van der Waals surface area (Å²) in [6, 6.07) is -0.877. The van der Waals surface area contributed by atoms with Gasteiger partial charge < -0.3 is 15.1 Å². The van der Waals surface area contributed by atoms with E-state index in [1.165, 1.54) is 63.2 Å². The maximum atomic E-state index is 12.1. The third-order valence-electron chi connectivity index (χ3n) is 4.48. The van der Waals surface area contributed by atoms with Crippen LogP contribution in [0.5, 0.6) is 0 Å². The first-order valence-electron chi connectivity index (χ1n) is 9.67. The average molecular weight is 344 g/mol. The van der Waals surface area contributed by atoms with Gasteiger partial charge in [-0.2, -0.15) is 0 Å². The van der Waals surface area contributed by atoms with Crippen molar-refractivity contribution in [2.24, 2.45) is 0 Å². The molecule has 0 spiro atoms. The van der Waals surface area contributed by atoms with Crippen molar-refractivity contribution < 1.29 is 19.8 Å². The molecule has 0 aliphatic heterocycles. The molecule has 0 unspecified atom stereocenters. The van der Waals surface area contributed by atoms with Crippen LogP contribution < -0.4 is 0 Å². The molecule has 0 rings (SSSR count). The second-order valence-corrected chi connectivity index (χ2v) is 6.61. The molecular weight excluding hydrogens is 306 g/mol. The minimum absolute atomic E-state index is 0.0876. The Kier molecular flexibility index (Phi) is 14.7. The Hall–Kier alpha value is -1.10. The lowest BCUT2D eigenvalue weighted by Crippen LogP contribution is -2.44. The second kappa shape index (κ2) is 15.4. The normalized spacial score (nSPS) is 12.1. The highest BCUT2D eigenvalue weighted by Crippen LogP contribution is 2.13. The summed E-state index contributed by atoms with van der Waals surface area (Å²) in [5.74, 6) is -1.20. The predicted molar refractivity (Wildman–Crippen MR) is 97.0 cm³/mol. The molecule has 1 amide bonds. The lowest BCUT2D eigenvalue weighted by molar-refractivity contribution is -0.149. The lowest BCUT2D eigenvalue weighted by Gasteiger charge is -2.25. The zero-order valence-electron chi connectivity index (χ0n) is 15.6. The average Bonchev–Trinajstić information content (AvgIpc) is 2.56. The van der Waals surface area contributed by atoms with E-state index in [0.717, 1.165) is 19.3 Å². The molecule has 142 valence electrons. The van der Waals surface area contributed by atoms with E-state index in [-0.39, 0.29) is 19.1 Å². The number of hydrogen-bond acceptors (Lipinski definition) is 3. The number of hydrogen-bond donors (Lipinski definition) is 2. The number of carboxylic acid groups (broad SMARTS) is 1. The standard InChI is InChI=1S/C19H37NO4/c1-3-4-5-6-7-8-9-10-11-12-13-14-18(22)20(15-16-21)17(2)19(23)24/h17,21H,3-16H2,1-2H3,(H,23,24)/t17-/m0/s1. The number of unbranched alkanes of at least 4 members (excludes halogenated alkanes) is 10. The molecule has 0 heterocycles. The van der Waals surface area contributed by atoms with E-state index >= 15 is 0 Å². The first-order valence-corrected chi connectivity index (χ1v) is 9.67. The van der Waals surface area contributed by atoms with E-state index in [0.29, 0.717) is 6.42 Å². The van der Waals surface area contributed by atoms with E-state index in [9.17, 15) is 9.59 Å². The third kappa shape index (κ3) is 11.4. The number of aliphatic carboxylic acids is 1. The fraction of sp³-hybridized carbons (Fsp3) is 0.895. The molecule has 0 saturated heterocycles. The van der Waals surface area contributed by atoms with Gasteiger partial charge in [-0.1, -0.05) is 71.1 Å². The van der Waals surface area contributed by atoms with Crippen LogP contribution in [0.1, 0.15) is 90.9 Å². The molecule has 0 fully saturated rings. The van der Waals surface area contributed by atoms with E-state index in [2.05, 4.69) is 6.92 Å². The molecule has 0 bridgehead atoms. The van der Waals surface area contributed by atoms with E-state index < -0.39 is 12.0 Å². The van der Waals surface area contributed by atoms with E-state index in [1.807, 2.05) is 0 Å². The van der Waals surface area contributed by atoms with Gasteiger partial charge in [0.1, 0.15) is 6.04 Å². The van der Waals surface area contributed by atoms with Gasteiger partial charge in [0.05, 0.1) is 6.61 Å². The highest BCUT2D eigenvalue weighted by atomic mass is 16.4. The van der Waals surface area contributed by atoms with Crippen molar-refractivity contribution in [1.29, 1.82) is 0 Å². The highest BCUT2D eigenvalue weighted by Gasteiger charge is 2.24. The van der Waals surface area contributed by atoms with Crippen LogP contribution in [0.25, 0.3) is 0 Å². The predicted octanol–water partition coefficient (Wildman–Crippen LogP) is 3.98. The fourth-order valence-electron chi connectivity index (χ4n) is 2.86. The Bertz CT molecular complexity index is 333. The van der Waals surface area contributed by atoms with Crippen molar-refractivity contribution in [1.82, 2.24) is 4.90 Å². The zero-order valence-corrected chi connectivity index (χ0v) is 15.6. The molecule has 0 aromatic carbocycles. The van der Waals surface area contributed by atoms with Crippen molar-refractivity contribution in [3.05, 3.63) is 0 Å². The summed E-state index contributed by atoms with van der Waals surface area (Å²) in [6.45, 7) is 3.60. The Labute approximate surface area is 147 Å². The Morgan fingerprint density at radius 1 is 0.875 bits per heavy atom. The zero-order chi connectivity index (χ0) is 18.2. The second-order valence-electron chi connectivity index (χ2n) is 6.61. The maximum Gasteiger partial charge on any atom is 0.326 e. The summed E-state index contributed by atoms with van der Waals surface area (Å²) in [7, 11) is 0. The van der Waals surface area contributed by atoms with Crippen molar-refractivity contribution in [3.63, 3.8) is 0 Å². The number of carbonyl (C=O) groups excluding carboxylic acids is 1. The van der Waals surface area contributed by atoms with Crippen LogP contribution in [-0.4, -0.2) is 46.2 Å². The number of aliphatic hydroxyl groups excluding tert-OH is 1. The highest BCUT2D eigenvalue weighted by molar-refractivity contribution is 5.83. The number of carbonyl (C=O) groups is 2. The smallest absolute Gasteiger partial charge is 0.326 e. The van der Waals surface area contributed by atoms with Crippen LogP contribution in [0.4, 0.5) is 0 Å². The summed E-state index contributed by atoms with van der Waals surface area (Å²) in [5.41, 5.74) is 0. The van der Waals surface area contributed by atoms with Crippen LogP contribution in [0.3, 0.4) is 0 Å². The van der Waals surface area contributed by atoms with Gasteiger partial charge in [0.2, 0.25) is 5.91 Å². The van der Waals surface area contributed by atoms with Crippen LogP contribution >= 0.6 is 0 Å². The van der Waals surface area contributed by atoms with Gasteiger partial charge in [0, 0.05) is 13.0 Å². The van der Waals surface area contributed by atoms with Crippen molar-refractivity contribution in [3.8, 4) is 0 Å². The molecule has 5 heteroatoms. The fourth-order valence-corrected chi connectivity index (χ4v) is 2.86. The first kappa shape index (κ1) is 22.9. The largest absolute Gasteiger partial charge is 0.480 e. The lowest BCUT2D eigenvalue weighted by atomic mass is 10.0. The summed E-state index contributed by atoms with van der Waals surface area (Å²) in [5, 5.41) is 18.0. The van der Waals surface area contributed by atoms with Gasteiger partial charge in [-0.25, -0.2) is 4.79 Å². The van der Waals surface area contributed by atoms with Gasteiger partial charge in [-0.15, -0.1) is 0 Å².